The van der Waals surface area contributed by atoms with Crippen molar-refractivity contribution in [2.75, 3.05) is 6.54 Å². The van der Waals surface area contributed by atoms with Gasteiger partial charge < -0.3 is 5.32 Å². The normalized spacial score (nSPS) is 17.4. The third kappa shape index (κ3) is 3.73. The Bertz CT molecular complexity index is 385. The second kappa shape index (κ2) is 7.30. The summed E-state index contributed by atoms with van der Waals surface area (Å²) in [7, 11) is 0. The van der Waals surface area contributed by atoms with Crippen molar-refractivity contribution < 1.29 is 0 Å². The van der Waals surface area contributed by atoms with E-state index in [-0.39, 0.29) is 0 Å². The Morgan fingerprint density at radius 3 is 2.79 bits per heavy atom. The summed E-state index contributed by atoms with van der Waals surface area (Å²) in [6, 6.07) is 0.367. The van der Waals surface area contributed by atoms with Gasteiger partial charge in [0.25, 0.3) is 0 Å². The van der Waals surface area contributed by atoms with Crippen molar-refractivity contribution in [1.82, 2.24) is 15.1 Å². The molecule has 1 saturated carbocycles. The second-order valence-corrected chi connectivity index (χ2v) is 6.05. The highest BCUT2D eigenvalue weighted by Crippen LogP contribution is 2.36. The molecular formula is C15H26ClN3. The molecule has 2 rings (SSSR count). The Labute approximate surface area is 121 Å². The number of hydrogen-bond donors (Lipinski definition) is 1. The summed E-state index contributed by atoms with van der Waals surface area (Å²) in [4.78, 5) is 0. The van der Waals surface area contributed by atoms with Crippen LogP contribution in [0.2, 0.25) is 5.02 Å². The van der Waals surface area contributed by atoms with Crippen LogP contribution in [-0.4, -0.2) is 16.3 Å². The minimum absolute atomic E-state index is 0.367. The summed E-state index contributed by atoms with van der Waals surface area (Å²) in [5, 5.41) is 8.92. The lowest BCUT2D eigenvalue weighted by Gasteiger charge is -2.30. The maximum absolute atomic E-state index is 6.38. The summed E-state index contributed by atoms with van der Waals surface area (Å²) < 4.78 is 2.09. The van der Waals surface area contributed by atoms with Crippen molar-refractivity contribution in [3.05, 3.63) is 16.9 Å². The Kier molecular flexibility index (Phi) is 5.71. The number of aryl methyl sites for hydroxylation is 1. The topological polar surface area (TPSA) is 29.9 Å². The van der Waals surface area contributed by atoms with Crippen molar-refractivity contribution in [3.63, 3.8) is 0 Å². The van der Waals surface area contributed by atoms with E-state index in [1.807, 2.05) is 0 Å². The van der Waals surface area contributed by atoms with Gasteiger partial charge in [-0.25, -0.2) is 0 Å². The fourth-order valence-corrected chi connectivity index (χ4v) is 3.05. The van der Waals surface area contributed by atoms with E-state index in [2.05, 4.69) is 28.9 Å². The van der Waals surface area contributed by atoms with Gasteiger partial charge in [0.1, 0.15) is 0 Å². The van der Waals surface area contributed by atoms with E-state index in [0.29, 0.717) is 6.04 Å². The first-order valence-electron chi connectivity index (χ1n) is 7.70. The van der Waals surface area contributed by atoms with Gasteiger partial charge in [-0.1, -0.05) is 44.7 Å². The summed E-state index contributed by atoms with van der Waals surface area (Å²) in [6.45, 7) is 6.39. The summed E-state index contributed by atoms with van der Waals surface area (Å²) in [5.74, 6) is 0.871. The average Bonchev–Trinajstić information content (AvgIpc) is 2.70. The van der Waals surface area contributed by atoms with Crippen molar-refractivity contribution in [2.45, 2.75) is 65.0 Å². The molecule has 1 fully saturated rings. The van der Waals surface area contributed by atoms with Gasteiger partial charge in [0.2, 0.25) is 0 Å². The molecule has 4 heteroatoms. The third-order valence-electron chi connectivity index (χ3n) is 4.03. The molecule has 0 spiro atoms. The predicted octanol–water partition coefficient (Wildman–Crippen LogP) is 4.18. The van der Waals surface area contributed by atoms with Crippen LogP contribution >= 0.6 is 11.6 Å². The fourth-order valence-electron chi connectivity index (χ4n) is 2.78. The highest BCUT2D eigenvalue weighted by Gasteiger charge is 2.26. The van der Waals surface area contributed by atoms with Gasteiger partial charge in [-0.3, -0.25) is 4.68 Å². The largest absolute Gasteiger partial charge is 0.309 e. The van der Waals surface area contributed by atoms with Gasteiger partial charge in [-0.15, -0.1) is 0 Å². The minimum Gasteiger partial charge on any atom is -0.309 e. The Hall–Kier alpha value is -0.540. The van der Waals surface area contributed by atoms with E-state index >= 15 is 0 Å². The van der Waals surface area contributed by atoms with Gasteiger partial charge in [0.05, 0.1) is 23.0 Å². The van der Waals surface area contributed by atoms with E-state index in [4.69, 9.17) is 11.6 Å². The standard InChI is InChI=1S/C15H26ClN3/c1-3-8-17-14(10-12-6-5-7-12)15-13(16)11-18-19(15)9-4-2/h11-12,14,17H,3-10H2,1-2H3. The molecule has 1 aromatic rings. The van der Waals surface area contributed by atoms with Crippen LogP contribution in [0.3, 0.4) is 0 Å². The van der Waals surface area contributed by atoms with E-state index in [1.54, 1.807) is 6.20 Å². The molecule has 3 nitrogen and oxygen atoms in total. The molecule has 1 unspecified atom stereocenters. The Morgan fingerprint density at radius 2 is 2.21 bits per heavy atom. The molecule has 108 valence electrons. The summed E-state index contributed by atoms with van der Waals surface area (Å²) in [6.07, 6.45) is 9.40. The highest BCUT2D eigenvalue weighted by molar-refractivity contribution is 6.31. The molecule has 1 heterocycles. The van der Waals surface area contributed by atoms with Gasteiger partial charge in [-0.2, -0.15) is 5.10 Å². The zero-order valence-electron chi connectivity index (χ0n) is 12.2. The highest BCUT2D eigenvalue weighted by atomic mass is 35.5. The van der Waals surface area contributed by atoms with Crippen LogP contribution < -0.4 is 5.32 Å². The van der Waals surface area contributed by atoms with Gasteiger partial charge in [0.15, 0.2) is 0 Å². The first kappa shape index (κ1) is 14.9. The van der Waals surface area contributed by atoms with E-state index in [1.165, 1.54) is 31.4 Å². The van der Waals surface area contributed by atoms with Crippen molar-refractivity contribution in [3.8, 4) is 0 Å². The predicted molar refractivity (Wildman–Crippen MR) is 80.5 cm³/mol. The van der Waals surface area contributed by atoms with E-state index < -0.39 is 0 Å². The summed E-state index contributed by atoms with van der Waals surface area (Å²) >= 11 is 6.38. The van der Waals surface area contributed by atoms with Crippen LogP contribution in [0.15, 0.2) is 6.20 Å². The van der Waals surface area contributed by atoms with Crippen LogP contribution in [0.4, 0.5) is 0 Å². The van der Waals surface area contributed by atoms with Crippen LogP contribution in [0, 0.1) is 5.92 Å². The van der Waals surface area contributed by atoms with Crippen LogP contribution in [-0.2, 0) is 6.54 Å². The first-order valence-corrected chi connectivity index (χ1v) is 8.08. The molecule has 0 aliphatic heterocycles. The quantitative estimate of drug-likeness (QED) is 0.776. The Balaban J connectivity index is 2.12. The van der Waals surface area contributed by atoms with Crippen molar-refractivity contribution >= 4 is 11.6 Å². The molecule has 1 aromatic heterocycles. The van der Waals surface area contributed by atoms with Gasteiger partial charge in [-0.05, 0) is 31.7 Å². The average molecular weight is 284 g/mol. The number of hydrogen-bond acceptors (Lipinski definition) is 2. The lowest BCUT2D eigenvalue weighted by Crippen LogP contribution is -2.29. The van der Waals surface area contributed by atoms with Crippen molar-refractivity contribution in [1.29, 1.82) is 0 Å². The van der Waals surface area contributed by atoms with Crippen molar-refractivity contribution in [2.24, 2.45) is 5.92 Å². The molecule has 0 bridgehead atoms. The minimum atomic E-state index is 0.367. The lowest BCUT2D eigenvalue weighted by molar-refractivity contribution is 0.255. The molecule has 0 amide bonds. The van der Waals surface area contributed by atoms with E-state index in [0.717, 1.165) is 36.9 Å². The fraction of sp³-hybridized carbons (Fsp3) is 0.800. The molecule has 19 heavy (non-hydrogen) atoms. The van der Waals surface area contributed by atoms with Crippen LogP contribution in [0.5, 0.6) is 0 Å². The number of nitrogens with zero attached hydrogens (tertiary/aromatic N) is 2. The molecule has 1 aliphatic rings. The number of rotatable bonds is 8. The van der Waals surface area contributed by atoms with Gasteiger partial charge >= 0.3 is 0 Å². The number of aromatic nitrogens is 2. The monoisotopic (exact) mass is 283 g/mol. The number of halogens is 1. The molecule has 1 N–H and O–H groups in total. The molecule has 0 radical (unpaired) electrons. The SMILES string of the molecule is CCCNC(CC1CCC1)c1c(Cl)cnn1CCC. The zero-order chi connectivity index (χ0) is 13.7. The third-order valence-corrected chi connectivity index (χ3v) is 4.32. The van der Waals surface area contributed by atoms with Gasteiger partial charge in [0, 0.05) is 6.54 Å². The molecule has 0 saturated heterocycles. The lowest BCUT2D eigenvalue weighted by atomic mass is 9.80. The van der Waals surface area contributed by atoms with Crippen LogP contribution in [0.1, 0.15) is 64.1 Å². The second-order valence-electron chi connectivity index (χ2n) is 5.64. The molecule has 1 aliphatic carbocycles. The number of nitrogens with one attached hydrogen (secondary N) is 1. The maximum Gasteiger partial charge on any atom is 0.0834 e. The zero-order valence-corrected chi connectivity index (χ0v) is 12.9. The molecule has 1 atom stereocenters. The maximum atomic E-state index is 6.38. The first-order chi connectivity index (χ1) is 9.26. The Morgan fingerprint density at radius 1 is 1.42 bits per heavy atom. The van der Waals surface area contributed by atoms with Crippen LogP contribution in [0.25, 0.3) is 0 Å². The molecular weight excluding hydrogens is 258 g/mol. The smallest absolute Gasteiger partial charge is 0.0834 e. The van der Waals surface area contributed by atoms with E-state index in [9.17, 15) is 0 Å². The summed E-state index contributed by atoms with van der Waals surface area (Å²) in [5.41, 5.74) is 1.20. The molecule has 0 aromatic carbocycles.